The van der Waals surface area contributed by atoms with Gasteiger partial charge in [0, 0.05) is 11.1 Å². The minimum atomic E-state index is -0.990. The normalized spacial score (nSPS) is 20.2. The van der Waals surface area contributed by atoms with E-state index < -0.39 is 5.97 Å². The minimum Gasteiger partial charge on any atom is -0.478 e. The van der Waals surface area contributed by atoms with E-state index in [4.69, 9.17) is 10.8 Å². The molecule has 0 atom stereocenters. The summed E-state index contributed by atoms with van der Waals surface area (Å²) < 4.78 is 0. The van der Waals surface area contributed by atoms with E-state index in [0.29, 0.717) is 5.70 Å². The fraction of sp³-hybridized carbons (Fsp3) is 0.300. The maximum Gasteiger partial charge on any atom is 0.337 e. The van der Waals surface area contributed by atoms with Crippen LogP contribution in [0.3, 0.4) is 0 Å². The lowest BCUT2D eigenvalue weighted by atomic mass is 9.93. The second-order valence-electron chi connectivity index (χ2n) is 3.66. The molecule has 13 heavy (non-hydrogen) atoms. The zero-order chi connectivity index (χ0) is 10.1. The lowest BCUT2D eigenvalue weighted by molar-refractivity contribution is -0.132. The van der Waals surface area contributed by atoms with E-state index in [1.807, 2.05) is 26.0 Å². The van der Waals surface area contributed by atoms with Gasteiger partial charge < -0.3 is 10.8 Å². The van der Waals surface area contributed by atoms with E-state index >= 15 is 0 Å². The van der Waals surface area contributed by atoms with Crippen LogP contribution in [-0.4, -0.2) is 11.1 Å². The molecule has 0 aliphatic heterocycles. The lowest BCUT2D eigenvalue weighted by Gasteiger charge is -2.12. The molecular formula is C10H13NO2. The molecule has 1 aliphatic carbocycles. The smallest absolute Gasteiger partial charge is 0.337 e. The summed E-state index contributed by atoms with van der Waals surface area (Å²) in [5, 5.41) is 8.78. The number of aliphatic carboxylic acids is 1. The number of hydrogen-bond donors (Lipinski definition) is 2. The van der Waals surface area contributed by atoms with Gasteiger partial charge in [-0.1, -0.05) is 26.0 Å². The SMILES string of the molecule is CC1(C)C=CC(N)=C(C(=O)O)C=C1. The topological polar surface area (TPSA) is 63.3 Å². The lowest BCUT2D eigenvalue weighted by Crippen LogP contribution is -2.06. The molecule has 3 heteroatoms. The average molecular weight is 179 g/mol. The highest BCUT2D eigenvalue weighted by atomic mass is 16.4. The van der Waals surface area contributed by atoms with Crippen LogP contribution in [0.2, 0.25) is 0 Å². The van der Waals surface area contributed by atoms with E-state index in [0.717, 1.165) is 0 Å². The Kier molecular flexibility index (Phi) is 2.28. The third-order valence-electron chi connectivity index (χ3n) is 1.91. The van der Waals surface area contributed by atoms with Crippen molar-refractivity contribution in [2.24, 2.45) is 11.1 Å². The average Bonchev–Trinajstić information content (AvgIpc) is 2.11. The Hall–Kier alpha value is -1.51. The van der Waals surface area contributed by atoms with Crippen LogP contribution < -0.4 is 5.73 Å². The van der Waals surface area contributed by atoms with Crippen molar-refractivity contribution in [3.63, 3.8) is 0 Å². The van der Waals surface area contributed by atoms with Gasteiger partial charge in [0.15, 0.2) is 0 Å². The van der Waals surface area contributed by atoms with Crippen molar-refractivity contribution in [3.8, 4) is 0 Å². The number of carboxylic acids is 1. The number of rotatable bonds is 1. The molecule has 0 fully saturated rings. The van der Waals surface area contributed by atoms with Gasteiger partial charge >= 0.3 is 5.97 Å². The van der Waals surface area contributed by atoms with Crippen LogP contribution in [0.5, 0.6) is 0 Å². The molecule has 0 amide bonds. The first-order valence-corrected chi connectivity index (χ1v) is 4.04. The van der Waals surface area contributed by atoms with Gasteiger partial charge in [-0.15, -0.1) is 0 Å². The Balaban J connectivity index is 3.12. The van der Waals surface area contributed by atoms with Crippen LogP contribution in [-0.2, 0) is 4.79 Å². The van der Waals surface area contributed by atoms with Crippen molar-refractivity contribution in [1.29, 1.82) is 0 Å². The van der Waals surface area contributed by atoms with Crippen LogP contribution in [0.25, 0.3) is 0 Å². The highest BCUT2D eigenvalue weighted by Gasteiger charge is 2.15. The summed E-state index contributed by atoms with van der Waals surface area (Å²) in [5.41, 5.74) is 5.88. The summed E-state index contributed by atoms with van der Waals surface area (Å²) in [7, 11) is 0. The zero-order valence-electron chi connectivity index (χ0n) is 7.74. The number of carbonyl (C=O) groups is 1. The highest BCUT2D eigenvalue weighted by molar-refractivity contribution is 5.91. The van der Waals surface area contributed by atoms with Gasteiger partial charge in [0.2, 0.25) is 0 Å². The minimum absolute atomic E-state index is 0.137. The second-order valence-corrected chi connectivity index (χ2v) is 3.66. The van der Waals surface area contributed by atoms with E-state index in [9.17, 15) is 4.79 Å². The van der Waals surface area contributed by atoms with Crippen molar-refractivity contribution in [1.82, 2.24) is 0 Å². The summed E-state index contributed by atoms with van der Waals surface area (Å²) in [5.74, 6) is -0.990. The molecule has 0 saturated carbocycles. The largest absolute Gasteiger partial charge is 0.478 e. The van der Waals surface area contributed by atoms with Crippen molar-refractivity contribution < 1.29 is 9.90 Å². The van der Waals surface area contributed by atoms with Crippen molar-refractivity contribution in [3.05, 3.63) is 35.6 Å². The van der Waals surface area contributed by atoms with Crippen LogP contribution >= 0.6 is 0 Å². The summed E-state index contributed by atoms with van der Waals surface area (Å²) in [4.78, 5) is 10.7. The Morgan fingerprint density at radius 2 is 1.92 bits per heavy atom. The Morgan fingerprint density at radius 1 is 1.38 bits per heavy atom. The van der Waals surface area contributed by atoms with Crippen LogP contribution in [0, 0.1) is 5.41 Å². The molecule has 3 N–H and O–H groups in total. The molecule has 0 aromatic carbocycles. The first kappa shape index (κ1) is 9.58. The van der Waals surface area contributed by atoms with Gasteiger partial charge in [0.1, 0.15) is 0 Å². The number of allylic oxidation sites excluding steroid dienone is 3. The van der Waals surface area contributed by atoms with Gasteiger partial charge in [-0.2, -0.15) is 0 Å². The molecule has 0 radical (unpaired) electrons. The molecule has 0 aromatic rings. The monoisotopic (exact) mass is 179 g/mol. The fourth-order valence-corrected chi connectivity index (χ4v) is 1.04. The molecule has 0 heterocycles. The van der Waals surface area contributed by atoms with Crippen molar-refractivity contribution in [2.45, 2.75) is 13.8 Å². The van der Waals surface area contributed by atoms with Gasteiger partial charge in [0.05, 0.1) is 5.57 Å². The highest BCUT2D eigenvalue weighted by Crippen LogP contribution is 2.23. The molecule has 1 aliphatic rings. The maximum absolute atomic E-state index is 10.7. The molecule has 0 spiro atoms. The predicted molar refractivity (Wildman–Crippen MR) is 50.9 cm³/mol. The van der Waals surface area contributed by atoms with Gasteiger partial charge in [-0.3, -0.25) is 0 Å². The number of nitrogens with two attached hydrogens (primary N) is 1. The molecule has 3 nitrogen and oxygen atoms in total. The van der Waals surface area contributed by atoms with Crippen molar-refractivity contribution in [2.75, 3.05) is 0 Å². The quantitative estimate of drug-likeness (QED) is 0.640. The molecule has 0 aromatic heterocycles. The first-order valence-electron chi connectivity index (χ1n) is 4.04. The third kappa shape index (κ3) is 2.21. The molecular weight excluding hydrogens is 166 g/mol. The van der Waals surface area contributed by atoms with Crippen molar-refractivity contribution >= 4 is 5.97 Å². The summed E-state index contributed by atoms with van der Waals surface area (Å²) >= 11 is 0. The van der Waals surface area contributed by atoms with E-state index in [2.05, 4.69) is 0 Å². The maximum atomic E-state index is 10.7. The standard InChI is InChI=1S/C10H13NO2/c1-10(2)5-3-7(9(12)13)8(11)4-6-10/h3-6H,11H2,1-2H3,(H,12,13). The zero-order valence-corrected chi connectivity index (χ0v) is 7.74. The first-order chi connectivity index (χ1) is 5.92. The number of carboxylic acid groups (broad SMARTS) is 1. The van der Waals surface area contributed by atoms with E-state index in [-0.39, 0.29) is 11.0 Å². The van der Waals surface area contributed by atoms with Gasteiger partial charge in [-0.25, -0.2) is 4.79 Å². The Bertz CT molecular complexity index is 322. The van der Waals surface area contributed by atoms with Crippen LogP contribution in [0.4, 0.5) is 0 Å². The fourth-order valence-electron chi connectivity index (χ4n) is 1.04. The molecule has 0 unspecified atom stereocenters. The second kappa shape index (κ2) is 3.09. The third-order valence-corrected chi connectivity index (χ3v) is 1.91. The predicted octanol–water partition coefficient (Wildman–Crippen LogP) is 1.44. The molecule has 0 bridgehead atoms. The number of hydrogen-bond acceptors (Lipinski definition) is 2. The molecule has 0 saturated heterocycles. The Labute approximate surface area is 77.2 Å². The summed E-state index contributed by atoms with van der Waals surface area (Å²) in [6, 6.07) is 0. The molecule has 1 rings (SSSR count). The van der Waals surface area contributed by atoms with E-state index in [1.54, 1.807) is 12.2 Å². The Morgan fingerprint density at radius 3 is 2.46 bits per heavy atom. The molecule has 70 valence electrons. The van der Waals surface area contributed by atoms with Crippen LogP contribution in [0.15, 0.2) is 35.6 Å². The summed E-state index contributed by atoms with van der Waals surface area (Å²) in [6.07, 6.45) is 6.91. The van der Waals surface area contributed by atoms with Gasteiger partial charge in [0.25, 0.3) is 0 Å². The van der Waals surface area contributed by atoms with Gasteiger partial charge in [-0.05, 0) is 12.2 Å². The van der Waals surface area contributed by atoms with Crippen LogP contribution in [0.1, 0.15) is 13.8 Å². The van der Waals surface area contributed by atoms with E-state index in [1.165, 1.54) is 0 Å². The summed E-state index contributed by atoms with van der Waals surface area (Å²) in [6.45, 7) is 3.97.